The average molecular weight is 285 g/mol. The van der Waals surface area contributed by atoms with E-state index >= 15 is 0 Å². The number of rotatable bonds is 5. The quantitative estimate of drug-likeness (QED) is 0.812. The molecule has 1 aromatic carbocycles. The van der Waals surface area contributed by atoms with Gasteiger partial charge in [0.25, 0.3) is 0 Å². The van der Waals surface area contributed by atoms with Gasteiger partial charge in [0.1, 0.15) is 0 Å². The van der Waals surface area contributed by atoms with Gasteiger partial charge >= 0.3 is 0 Å². The smallest absolute Gasteiger partial charge is 0.221 e. The normalized spacial score (nSPS) is 10.2. The highest BCUT2D eigenvalue weighted by Crippen LogP contribution is 2.17. The highest BCUT2D eigenvalue weighted by Gasteiger charge is 2.00. The number of carbonyl (C=O) groups is 1. The number of carbonyl (C=O) groups excluding carboxylic acids is 1. The molecule has 0 saturated carbocycles. The second-order valence-electron chi connectivity index (χ2n) is 3.69. The predicted molar refractivity (Wildman–Crippen MR) is 69.3 cm³/mol. The number of amides is 1. The SMILES string of the molecule is CNC(=O)CCNCc1ccc(C)cc1Br. The summed E-state index contributed by atoms with van der Waals surface area (Å²) >= 11 is 3.52. The molecule has 0 heterocycles. The number of halogens is 1. The molecule has 0 saturated heterocycles. The van der Waals surface area contributed by atoms with Crippen LogP contribution >= 0.6 is 15.9 Å². The maximum absolute atomic E-state index is 11.0. The van der Waals surface area contributed by atoms with Gasteiger partial charge in [-0.3, -0.25) is 4.79 Å². The Hall–Kier alpha value is -0.870. The third-order valence-electron chi connectivity index (χ3n) is 2.33. The zero-order chi connectivity index (χ0) is 12.0. The summed E-state index contributed by atoms with van der Waals surface area (Å²) in [5.74, 6) is 0.0653. The average Bonchev–Trinajstić information content (AvgIpc) is 2.26. The van der Waals surface area contributed by atoms with Crippen LogP contribution in [0.25, 0.3) is 0 Å². The summed E-state index contributed by atoms with van der Waals surface area (Å²) in [6.07, 6.45) is 0.514. The van der Waals surface area contributed by atoms with Gasteiger partial charge < -0.3 is 10.6 Å². The van der Waals surface area contributed by atoms with E-state index in [-0.39, 0.29) is 5.91 Å². The van der Waals surface area contributed by atoms with E-state index in [0.717, 1.165) is 11.0 Å². The largest absolute Gasteiger partial charge is 0.359 e. The van der Waals surface area contributed by atoms with E-state index < -0.39 is 0 Å². The third kappa shape index (κ3) is 4.33. The summed E-state index contributed by atoms with van der Waals surface area (Å²) in [4.78, 5) is 11.0. The van der Waals surface area contributed by atoms with Crippen molar-refractivity contribution in [1.82, 2.24) is 10.6 Å². The Balaban J connectivity index is 2.35. The molecule has 0 atom stereocenters. The maximum atomic E-state index is 11.0. The maximum Gasteiger partial charge on any atom is 0.221 e. The number of nitrogens with one attached hydrogen (secondary N) is 2. The Labute approximate surface area is 105 Å². The van der Waals surface area contributed by atoms with E-state index in [0.29, 0.717) is 13.0 Å². The molecule has 1 aromatic rings. The fourth-order valence-electron chi connectivity index (χ4n) is 1.35. The van der Waals surface area contributed by atoms with Gasteiger partial charge in [0.2, 0.25) is 5.91 Å². The molecule has 0 radical (unpaired) electrons. The first kappa shape index (κ1) is 13.2. The Morgan fingerprint density at radius 2 is 2.19 bits per heavy atom. The van der Waals surface area contributed by atoms with E-state index in [4.69, 9.17) is 0 Å². The van der Waals surface area contributed by atoms with Gasteiger partial charge in [0.15, 0.2) is 0 Å². The standard InChI is InChI=1S/C12H17BrN2O/c1-9-3-4-10(11(13)7-9)8-15-6-5-12(16)14-2/h3-4,7,15H,5-6,8H2,1-2H3,(H,14,16). The molecule has 1 amide bonds. The number of hydrogen-bond donors (Lipinski definition) is 2. The zero-order valence-electron chi connectivity index (χ0n) is 9.64. The van der Waals surface area contributed by atoms with Crippen LogP contribution in [0.5, 0.6) is 0 Å². The van der Waals surface area contributed by atoms with Gasteiger partial charge in [-0.25, -0.2) is 0 Å². The van der Waals surface area contributed by atoms with E-state index in [9.17, 15) is 4.79 Å². The molecule has 16 heavy (non-hydrogen) atoms. The van der Waals surface area contributed by atoms with Gasteiger partial charge in [0, 0.05) is 31.0 Å². The van der Waals surface area contributed by atoms with Crippen molar-refractivity contribution in [2.24, 2.45) is 0 Å². The number of aryl methyl sites for hydroxylation is 1. The van der Waals surface area contributed by atoms with Crippen LogP contribution in [0.15, 0.2) is 22.7 Å². The zero-order valence-corrected chi connectivity index (χ0v) is 11.2. The summed E-state index contributed by atoms with van der Waals surface area (Å²) in [5.41, 5.74) is 2.45. The number of benzene rings is 1. The lowest BCUT2D eigenvalue weighted by molar-refractivity contribution is -0.120. The lowest BCUT2D eigenvalue weighted by atomic mass is 10.1. The van der Waals surface area contributed by atoms with Crippen molar-refractivity contribution in [3.63, 3.8) is 0 Å². The van der Waals surface area contributed by atoms with Gasteiger partial charge in [-0.1, -0.05) is 28.1 Å². The van der Waals surface area contributed by atoms with E-state index in [1.165, 1.54) is 11.1 Å². The van der Waals surface area contributed by atoms with Crippen LogP contribution in [0.1, 0.15) is 17.5 Å². The minimum Gasteiger partial charge on any atom is -0.359 e. The van der Waals surface area contributed by atoms with Crippen LogP contribution in [0.2, 0.25) is 0 Å². The molecule has 0 bridgehead atoms. The Morgan fingerprint density at radius 1 is 1.44 bits per heavy atom. The fraction of sp³-hybridized carbons (Fsp3) is 0.417. The summed E-state index contributed by atoms with van der Waals surface area (Å²) in [7, 11) is 1.65. The molecule has 0 aromatic heterocycles. The summed E-state index contributed by atoms with van der Waals surface area (Å²) < 4.78 is 1.11. The van der Waals surface area contributed by atoms with Crippen LogP contribution in [-0.4, -0.2) is 19.5 Å². The summed E-state index contributed by atoms with van der Waals surface area (Å²) in [5, 5.41) is 5.83. The molecule has 2 N–H and O–H groups in total. The molecular weight excluding hydrogens is 268 g/mol. The summed E-state index contributed by atoms with van der Waals surface area (Å²) in [6.45, 7) is 3.53. The van der Waals surface area contributed by atoms with E-state index in [1.54, 1.807) is 7.05 Å². The van der Waals surface area contributed by atoms with Crippen molar-refractivity contribution in [3.05, 3.63) is 33.8 Å². The minimum absolute atomic E-state index is 0.0653. The van der Waals surface area contributed by atoms with Crippen molar-refractivity contribution in [2.45, 2.75) is 19.9 Å². The highest BCUT2D eigenvalue weighted by molar-refractivity contribution is 9.10. The molecule has 0 aliphatic carbocycles. The Morgan fingerprint density at radius 3 is 2.81 bits per heavy atom. The predicted octanol–water partition coefficient (Wildman–Crippen LogP) is 1.98. The van der Waals surface area contributed by atoms with Crippen molar-refractivity contribution in [1.29, 1.82) is 0 Å². The van der Waals surface area contributed by atoms with Gasteiger partial charge in [-0.05, 0) is 24.1 Å². The van der Waals surface area contributed by atoms with E-state index in [2.05, 4.69) is 51.7 Å². The lowest BCUT2D eigenvalue weighted by Crippen LogP contribution is -2.24. The molecule has 0 aliphatic heterocycles. The van der Waals surface area contributed by atoms with Crippen LogP contribution in [0.3, 0.4) is 0 Å². The molecule has 3 nitrogen and oxygen atoms in total. The van der Waals surface area contributed by atoms with Gasteiger partial charge in [-0.15, -0.1) is 0 Å². The van der Waals surface area contributed by atoms with Crippen LogP contribution in [-0.2, 0) is 11.3 Å². The molecule has 0 spiro atoms. The van der Waals surface area contributed by atoms with Gasteiger partial charge in [0.05, 0.1) is 0 Å². The van der Waals surface area contributed by atoms with Crippen molar-refractivity contribution >= 4 is 21.8 Å². The monoisotopic (exact) mass is 284 g/mol. The molecule has 4 heteroatoms. The van der Waals surface area contributed by atoms with Gasteiger partial charge in [-0.2, -0.15) is 0 Å². The molecule has 1 rings (SSSR count). The topological polar surface area (TPSA) is 41.1 Å². The minimum atomic E-state index is 0.0653. The van der Waals surface area contributed by atoms with Crippen molar-refractivity contribution < 1.29 is 4.79 Å². The number of hydrogen-bond acceptors (Lipinski definition) is 2. The Kier molecular flexibility index (Phi) is 5.49. The molecule has 0 aliphatic rings. The van der Waals surface area contributed by atoms with Crippen LogP contribution in [0.4, 0.5) is 0 Å². The first-order valence-corrected chi connectivity index (χ1v) is 6.09. The molecule has 88 valence electrons. The molecule has 0 unspecified atom stereocenters. The molecular formula is C12H17BrN2O. The van der Waals surface area contributed by atoms with Crippen molar-refractivity contribution in [2.75, 3.05) is 13.6 Å². The third-order valence-corrected chi connectivity index (χ3v) is 3.07. The fourth-order valence-corrected chi connectivity index (χ4v) is 1.98. The lowest BCUT2D eigenvalue weighted by Gasteiger charge is -2.07. The van der Waals surface area contributed by atoms with Crippen LogP contribution in [0, 0.1) is 6.92 Å². The second kappa shape index (κ2) is 6.66. The van der Waals surface area contributed by atoms with Crippen LogP contribution < -0.4 is 10.6 Å². The Bertz CT molecular complexity index is 366. The summed E-state index contributed by atoms with van der Waals surface area (Å²) in [6, 6.07) is 6.27. The molecule has 0 fully saturated rings. The van der Waals surface area contributed by atoms with Crippen molar-refractivity contribution in [3.8, 4) is 0 Å². The second-order valence-corrected chi connectivity index (χ2v) is 4.55. The highest BCUT2D eigenvalue weighted by atomic mass is 79.9. The first-order valence-electron chi connectivity index (χ1n) is 5.30. The first-order chi connectivity index (χ1) is 7.63. The van der Waals surface area contributed by atoms with E-state index in [1.807, 2.05) is 0 Å².